The lowest BCUT2D eigenvalue weighted by Crippen LogP contribution is -2.27. The summed E-state index contributed by atoms with van der Waals surface area (Å²) in [6.45, 7) is 1.64. The van der Waals surface area contributed by atoms with E-state index in [1.54, 1.807) is 20.0 Å². The fourth-order valence-corrected chi connectivity index (χ4v) is 4.01. The van der Waals surface area contributed by atoms with Crippen LogP contribution >= 0.6 is 0 Å². The third-order valence-electron chi connectivity index (χ3n) is 5.75. The zero-order valence-corrected chi connectivity index (χ0v) is 16.4. The molecule has 3 heterocycles. The first kappa shape index (κ1) is 19.4. The molecular weight excluding hydrogens is 376 g/mol. The summed E-state index contributed by atoms with van der Waals surface area (Å²) in [5.41, 5.74) is 0.175. The van der Waals surface area contributed by atoms with E-state index >= 15 is 0 Å². The van der Waals surface area contributed by atoms with Crippen LogP contribution in [0.15, 0.2) is 24.7 Å². The van der Waals surface area contributed by atoms with Crippen LogP contribution in [0.2, 0.25) is 0 Å². The number of carbonyl (C=O) groups excluding carboxylic acids is 1. The van der Waals surface area contributed by atoms with Gasteiger partial charge in [0.1, 0.15) is 23.5 Å². The Hall–Kier alpha value is -2.90. The van der Waals surface area contributed by atoms with Crippen LogP contribution in [-0.2, 0) is 6.42 Å². The van der Waals surface area contributed by atoms with Crippen molar-refractivity contribution in [3.8, 4) is 0 Å². The van der Waals surface area contributed by atoms with E-state index in [9.17, 15) is 13.6 Å². The van der Waals surface area contributed by atoms with Gasteiger partial charge in [0, 0.05) is 18.9 Å². The Bertz CT molecular complexity index is 1050. The predicted octanol–water partition coefficient (Wildman–Crippen LogP) is 4.23. The highest BCUT2D eigenvalue weighted by atomic mass is 19.1. The van der Waals surface area contributed by atoms with Gasteiger partial charge in [-0.3, -0.25) is 4.79 Å². The van der Waals surface area contributed by atoms with Gasteiger partial charge in [-0.25, -0.2) is 19.3 Å². The molecule has 1 fully saturated rings. The number of anilines is 1. The van der Waals surface area contributed by atoms with E-state index in [4.69, 9.17) is 0 Å². The number of aromatic amines is 1. The quantitative estimate of drug-likeness (QED) is 0.496. The maximum absolute atomic E-state index is 14.7. The number of carbonyl (C=O) groups is 1. The monoisotopic (exact) mass is 399 g/mol. The Morgan fingerprint density at radius 3 is 2.72 bits per heavy atom. The number of alkyl halides is 1. The van der Waals surface area contributed by atoms with Gasteiger partial charge < -0.3 is 10.3 Å². The topological polar surface area (TPSA) is 83.6 Å². The molecule has 0 radical (unpaired) electrons. The molecule has 6 nitrogen and oxygen atoms in total. The van der Waals surface area contributed by atoms with E-state index in [1.807, 2.05) is 0 Å². The molecule has 1 aliphatic rings. The average Bonchev–Trinajstić information content (AvgIpc) is 3.13. The first-order valence-corrected chi connectivity index (χ1v) is 9.77. The van der Waals surface area contributed by atoms with Crippen LogP contribution in [0.25, 0.3) is 11.0 Å². The van der Waals surface area contributed by atoms with Gasteiger partial charge in [0.2, 0.25) is 5.95 Å². The summed E-state index contributed by atoms with van der Waals surface area (Å²) in [5.74, 6) is -0.501. The molecule has 0 amide bonds. The number of nitrogens with zero attached hydrogens (tertiary/aromatic N) is 3. The van der Waals surface area contributed by atoms with Crippen molar-refractivity contribution in [3.63, 3.8) is 0 Å². The van der Waals surface area contributed by atoms with Crippen LogP contribution in [0.1, 0.15) is 54.2 Å². The molecule has 8 heteroatoms. The molecule has 1 saturated carbocycles. The molecule has 152 valence electrons. The molecule has 2 N–H and O–H groups in total. The normalized spacial score (nSPS) is 22.0. The van der Waals surface area contributed by atoms with Gasteiger partial charge in [-0.2, -0.15) is 4.39 Å². The van der Waals surface area contributed by atoms with Crippen molar-refractivity contribution < 1.29 is 13.6 Å². The van der Waals surface area contributed by atoms with Gasteiger partial charge in [-0.05, 0) is 57.1 Å². The largest absolute Gasteiger partial charge is 0.372 e. The van der Waals surface area contributed by atoms with E-state index in [0.717, 1.165) is 12.8 Å². The second-order valence-corrected chi connectivity index (χ2v) is 7.93. The minimum absolute atomic E-state index is 0.0967. The van der Waals surface area contributed by atoms with Crippen molar-refractivity contribution in [2.24, 2.45) is 5.92 Å². The predicted molar refractivity (Wildman–Crippen MR) is 106 cm³/mol. The van der Waals surface area contributed by atoms with Gasteiger partial charge in [-0.15, -0.1) is 0 Å². The minimum Gasteiger partial charge on any atom is -0.372 e. The van der Waals surface area contributed by atoms with Crippen LogP contribution in [0, 0.1) is 11.9 Å². The smallest absolute Gasteiger partial charge is 0.224 e. The average molecular weight is 399 g/mol. The molecule has 3 aromatic rings. The van der Waals surface area contributed by atoms with E-state index in [-0.39, 0.29) is 17.0 Å². The molecule has 29 heavy (non-hydrogen) atoms. The maximum Gasteiger partial charge on any atom is 0.224 e. The van der Waals surface area contributed by atoms with Crippen LogP contribution < -0.4 is 5.32 Å². The molecule has 0 bridgehead atoms. The van der Waals surface area contributed by atoms with Crippen LogP contribution in [0.4, 0.5) is 14.6 Å². The zero-order valence-electron chi connectivity index (χ0n) is 16.4. The molecule has 0 spiro atoms. The van der Waals surface area contributed by atoms with Crippen molar-refractivity contribution in [1.82, 2.24) is 19.9 Å². The van der Waals surface area contributed by atoms with Gasteiger partial charge >= 0.3 is 0 Å². The molecular formula is C21H23F2N5O. The van der Waals surface area contributed by atoms with Crippen molar-refractivity contribution >= 4 is 22.6 Å². The van der Waals surface area contributed by atoms with Crippen LogP contribution in [-0.4, -0.2) is 38.4 Å². The maximum atomic E-state index is 14.7. The Labute approximate surface area is 167 Å². The standard InChI is InChI=1S/C21H23F2N5O/c1-21(23)7-5-12(6-8-21)9-13-3-4-14(18(22)28-13)17(29)15-10-25-20-16(15)19(24-2)26-11-27-20/h3-4,10-12H,5-9H2,1-2H3,(H2,24,25,26,27). The number of H-pyrrole nitrogens is 1. The summed E-state index contributed by atoms with van der Waals surface area (Å²) >= 11 is 0. The summed E-state index contributed by atoms with van der Waals surface area (Å²) in [5, 5.41) is 3.43. The zero-order chi connectivity index (χ0) is 20.6. The summed E-state index contributed by atoms with van der Waals surface area (Å²) in [7, 11) is 1.69. The minimum atomic E-state index is -1.10. The van der Waals surface area contributed by atoms with Crippen molar-refractivity contribution in [3.05, 3.63) is 47.4 Å². The molecule has 1 aliphatic carbocycles. The van der Waals surface area contributed by atoms with Gasteiger partial charge in [0.15, 0.2) is 5.78 Å². The second kappa shape index (κ2) is 7.50. The second-order valence-electron chi connectivity index (χ2n) is 7.93. The first-order valence-electron chi connectivity index (χ1n) is 9.77. The Balaban J connectivity index is 1.56. The van der Waals surface area contributed by atoms with E-state index < -0.39 is 17.4 Å². The molecule has 4 rings (SSSR count). The molecule has 3 aromatic heterocycles. The molecule has 0 unspecified atom stereocenters. The third kappa shape index (κ3) is 3.83. The first-order chi connectivity index (χ1) is 13.9. The molecule has 0 saturated heterocycles. The number of rotatable bonds is 5. The van der Waals surface area contributed by atoms with Gasteiger partial charge in [0.05, 0.1) is 16.5 Å². The number of pyridine rings is 1. The number of aromatic nitrogens is 4. The Morgan fingerprint density at radius 1 is 1.28 bits per heavy atom. The lowest BCUT2D eigenvalue weighted by Gasteiger charge is -2.30. The van der Waals surface area contributed by atoms with Gasteiger partial charge in [-0.1, -0.05) is 0 Å². The highest BCUT2D eigenvalue weighted by molar-refractivity contribution is 6.17. The number of hydrogen-bond donors (Lipinski definition) is 2. The summed E-state index contributed by atoms with van der Waals surface area (Å²) in [4.78, 5) is 28.1. The number of hydrogen-bond acceptors (Lipinski definition) is 5. The number of ketones is 1. The van der Waals surface area contributed by atoms with E-state index in [0.29, 0.717) is 41.8 Å². The number of halogens is 2. The highest BCUT2D eigenvalue weighted by Gasteiger charge is 2.31. The van der Waals surface area contributed by atoms with E-state index in [1.165, 1.54) is 18.6 Å². The van der Waals surface area contributed by atoms with Crippen LogP contribution in [0.3, 0.4) is 0 Å². The van der Waals surface area contributed by atoms with Crippen LogP contribution in [0.5, 0.6) is 0 Å². The highest BCUT2D eigenvalue weighted by Crippen LogP contribution is 2.36. The lowest BCUT2D eigenvalue weighted by molar-refractivity contribution is 0.102. The fourth-order valence-electron chi connectivity index (χ4n) is 4.01. The Kier molecular flexibility index (Phi) is 5.02. The molecule has 0 aromatic carbocycles. The Morgan fingerprint density at radius 2 is 2.03 bits per heavy atom. The molecule has 0 aliphatic heterocycles. The third-order valence-corrected chi connectivity index (χ3v) is 5.75. The van der Waals surface area contributed by atoms with Crippen molar-refractivity contribution in [2.75, 3.05) is 12.4 Å². The molecule has 0 atom stereocenters. The summed E-state index contributed by atoms with van der Waals surface area (Å²) < 4.78 is 28.7. The lowest BCUT2D eigenvalue weighted by atomic mass is 9.79. The SMILES string of the molecule is CNc1ncnc2[nH]cc(C(=O)c3ccc(CC4CCC(C)(F)CC4)nc3F)c12. The van der Waals surface area contributed by atoms with Gasteiger partial charge in [0.25, 0.3) is 0 Å². The number of nitrogens with one attached hydrogen (secondary N) is 2. The fraction of sp³-hybridized carbons (Fsp3) is 0.429. The van der Waals surface area contributed by atoms with Crippen molar-refractivity contribution in [2.45, 2.75) is 44.7 Å². The number of fused-ring (bicyclic) bond motifs is 1. The van der Waals surface area contributed by atoms with Crippen molar-refractivity contribution in [1.29, 1.82) is 0 Å². The summed E-state index contributed by atoms with van der Waals surface area (Å²) in [6, 6.07) is 3.16. The summed E-state index contributed by atoms with van der Waals surface area (Å²) in [6.07, 6.45) is 6.04. The van der Waals surface area contributed by atoms with E-state index in [2.05, 4.69) is 25.3 Å².